The molecule has 1 heterocycles. The second-order valence-electron chi connectivity index (χ2n) is 9.95. The quantitative estimate of drug-likeness (QED) is 0.496. The van der Waals surface area contributed by atoms with Crippen molar-refractivity contribution < 1.29 is 23.8 Å². The number of carbonyl (C=O) groups is 2. The van der Waals surface area contributed by atoms with E-state index in [2.05, 4.69) is 5.32 Å². The van der Waals surface area contributed by atoms with Crippen LogP contribution in [-0.4, -0.2) is 31.1 Å². The minimum atomic E-state index is -0.563. The van der Waals surface area contributed by atoms with E-state index in [1.54, 1.807) is 7.11 Å². The fraction of sp³-hybridized carbons (Fsp3) is 0.400. The predicted molar refractivity (Wildman–Crippen MR) is 139 cm³/mol. The summed E-state index contributed by atoms with van der Waals surface area (Å²) in [7, 11) is 1.64. The molecule has 1 aliphatic carbocycles. The molecule has 0 radical (unpaired) electrons. The second kappa shape index (κ2) is 10.6. The number of nitrogens with one attached hydrogen (secondary N) is 1. The van der Waals surface area contributed by atoms with Gasteiger partial charge in [0.15, 0.2) is 5.78 Å². The maximum absolute atomic E-state index is 13.8. The first-order valence-electron chi connectivity index (χ1n) is 12.5. The van der Waals surface area contributed by atoms with E-state index in [0.29, 0.717) is 35.4 Å². The molecule has 0 saturated heterocycles. The molecule has 0 aromatic heterocycles. The van der Waals surface area contributed by atoms with Gasteiger partial charge in [0.2, 0.25) is 0 Å². The largest absolute Gasteiger partial charge is 0.497 e. The van der Waals surface area contributed by atoms with Gasteiger partial charge in [0.25, 0.3) is 0 Å². The van der Waals surface area contributed by atoms with Gasteiger partial charge in [0.05, 0.1) is 30.8 Å². The summed E-state index contributed by atoms with van der Waals surface area (Å²) in [6.45, 7) is 9.45. The van der Waals surface area contributed by atoms with Crippen LogP contribution in [0.2, 0.25) is 0 Å². The van der Waals surface area contributed by atoms with Crippen LogP contribution in [0.25, 0.3) is 0 Å². The molecule has 6 heteroatoms. The molecule has 2 aromatic carbocycles. The highest BCUT2D eigenvalue weighted by Gasteiger charge is 2.42. The van der Waals surface area contributed by atoms with E-state index < -0.39 is 11.9 Å². The number of dihydropyridines is 1. The SMILES string of the molecule is COc1ccc([C@H]2CC(=O)C3=C(C2)NC(C)=C(C(=O)OC(C)C)[C@@H]3c2ccccc2OC(C)C)cc1. The summed E-state index contributed by atoms with van der Waals surface area (Å²) in [5.41, 5.74) is 4.53. The molecule has 36 heavy (non-hydrogen) atoms. The summed E-state index contributed by atoms with van der Waals surface area (Å²) in [5.74, 6) is 0.526. The lowest BCUT2D eigenvalue weighted by Gasteiger charge is -2.37. The van der Waals surface area contributed by atoms with Crippen LogP contribution in [0, 0.1) is 0 Å². The Balaban J connectivity index is 1.81. The molecular weight excluding hydrogens is 454 g/mol. The average molecular weight is 490 g/mol. The van der Waals surface area contributed by atoms with Gasteiger partial charge in [-0.2, -0.15) is 0 Å². The maximum Gasteiger partial charge on any atom is 0.337 e. The first-order valence-corrected chi connectivity index (χ1v) is 12.5. The van der Waals surface area contributed by atoms with E-state index in [9.17, 15) is 9.59 Å². The van der Waals surface area contributed by atoms with Crippen LogP contribution >= 0.6 is 0 Å². The standard InChI is InChI=1S/C30H35NO5/c1-17(2)35-26-10-8-7-9-23(26)28-27(30(33)36-18(3)4)19(5)31-24-15-21(16-25(32)29(24)28)20-11-13-22(34-6)14-12-20/h7-14,17-18,21,28,31H,15-16H2,1-6H3/t21-,28+/m1/s1. The molecule has 2 atom stereocenters. The average Bonchev–Trinajstić information content (AvgIpc) is 2.82. The third kappa shape index (κ3) is 5.18. The summed E-state index contributed by atoms with van der Waals surface area (Å²) < 4.78 is 17.1. The normalized spacial score (nSPS) is 19.8. The monoisotopic (exact) mass is 489 g/mol. The first-order chi connectivity index (χ1) is 17.2. The number of esters is 1. The van der Waals surface area contributed by atoms with Gasteiger partial charge < -0.3 is 19.5 Å². The van der Waals surface area contributed by atoms with Gasteiger partial charge in [0.1, 0.15) is 11.5 Å². The number of methoxy groups -OCH3 is 1. The number of ketones is 1. The second-order valence-corrected chi connectivity index (χ2v) is 9.95. The smallest absolute Gasteiger partial charge is 0.337 e. The Morgan fingerprint density at radius 2 is 1.67 bits per heavy atom. The van der Waals surface area contributed by atoms with Crippen molar-refractivity contribution in [3.63, 3.8) is 0 Å². The zero-order valence-corrected chi connectivity index (χ0v) is 21.9. The Morgan fingerprint density at radius 1 is 0.972 bits per heavy atom. The fourth-order valence-electron chi connectivity index (χ4n) is 5.09. The van der Waals surface area contributed by atoms with Crippen LogP contribution in [0.1, 0.15) is 70.4 Å². The molecular formula is C30H35NO5. The van der Waals surface area contributed by atoms with E-state index in [1.165, 1.54) is 0 Å². The van der Waals surface area contributed by atoms with Gasteiger partial charge in [-0.25, -0.2) is 4.79 Å². The maximum atomic E-state index is 13.8. The molecule has 1 N–H and O–H groups in total. The molecule has 0 unspecified atom stereocenters. The summed E-state index contributed by atoms with van der Waals surface area (Å²) >= 11 is 0. The van der Waals surface area contributed by atoms with E-state index >= 15 is 0 Å². The van der Waals surface area contributed by atoms with Crippen LogP contribution in [-0.2, 0) is 14.3 Å². The molecule has 2 aliphatic rings. The number of hydrogen-bond acceptors (Lipinski definition) is 6. The third-order valence-corrected chi connectivity index (χ3v) is 6.57. The zero-order valence-electron chi connectivity index (χ0n) is 21.9. The van der Waals surface area contributed by atoms with Crippen molar-refractivity contribution in [3.05, 3.63) is 82.2 Å². The van der Waals surface area contributed by atoms with Crippen LogP contribution < -0.4 is 14.8 Å². The minimum absolute atomic E-state index is 0.0243. The molecule has 0 amide bonds. The Labute approximate surface area is 213 Å². The summed E-state index contributed by atoms with van der Waals surface area (Å²) in [4.78, 5) is 27.2. The Kier molecular flexibility index (Phi) is 7.53. The van der Waals surface area contributed by atoms with E-state index in [0.717, 1.165) is 22.6 Å². The van der Waals surface area contributed by atoms with Crippen molar-refractivity contribution in [2.24, 2.45) is 0 Å². The summed E-state index contributed by atoms with van der Waals surface area (Å²) in [6, 6.07) is 15.5. The topological polar surface area (TPSA) is 73.9 Å². The van der Waals surface area contributed by atoms with Gasteiger partial charge in [-0.15, -0.1) is 0 Å². The molecule has 1 aliphatic heterocycles. The van der Waals surface area contributed by atoms with Crippen molar-refractivity contribution in [2.75, 3.05) is 7.11 Å². The van der Waals surface area contributed by atoms with E-state index in [-0.39, 0.29) is 23.9 Å². The highest BCUT2D eigenvalue weighted by atomic mass is 16.5. The van der Waals surface area contributed by atoms with Gasteiger partial charge >= 0.3 is 5.97 Å². The predicted octanol–water partition coefficient (Wildman–Crippen LogP) is 5.80. The number of rotatable bonds is 7. The zero-order chi connectivity index (χ0) is 26.0. The molecule has 2 aromatic rings. The molecule has 4 rings (SSSR count). The summed E-state index contributed by atoms with van der Waals surface area (Å²) in [5, 5.41) is 3.41. The Morgan fingerprint density at radius 3 is 2.31 bits per heavy atom. The highest BCUT2D eigenvalue weighted by Crippen LogP contribution is 2.48. The van der Waals surface area contributed by atoms with E-state index in [4.69, 9.17) is 14.2 Å². The molecule has 0 spiro atoms. The highest BCUT2D eigenvalue weighted by molar-refractivity contribution is 6.04. The lowest BCUT2D eigenvalue weighted by atomic mass is 9.71. The number of benzene rings is 2. The van der Waals surface area contributed by atoms with Crippen molar-refractivity contribution in [3.8, 4) is 11.5 Å². The van der Waals surface area contributed by atoms with Gasteiger partial charge in [-0.05, 0) is 70.7 Å². The van der Waals surface area contributed by atoms with Crippen LogP contribution in [0.15, 0.2) is 71.1 Å². The lowest BCUT2D eigenvalue weighted by Crippen LogP contribution is -2.36. The number of hydrogen-bond donors (Lipinski definition) is 1. The van der Waals surface area contributed by atoms with Crippen LogP contribution in [0.5, 0.6) is 11.5 Å². The van der Waals surface area contributed by atoms with Crippen LogP contribution in [0.3, 0.4) is 0 Å². The first kappa shape index (κ1) is 25.5. The number of para-hydroxylation sites is 1. The Hall–Kier alpha value is -3.54. The van der Waals surface area contributed by atoms with Crippen molar-refractivity contribution in [2.45, 2.75) is 71.5 Å². The lowest BCUT2D eigenvalue weighted by molar-refractivity contribution is -0.143. The summed E-state index contributed by atoms with van der Waals surface area (Å²) in [6.07, 6.45) is 0.694. The van der Waals surface area contributed by atoms with Crippen LogP contribution in [0.4, 0.5) is 0 Å². The number of Topliss-reactive ketones (excluding diaryl/α,β-unsaturated/α-hetero) is 1. The van der Waals surface area contributed by atoms with Gasteiger partial charge in [-0.1, -0.05) is 30.3 Å². The van der Waals surface area contributed by atoms with Crippen molar-refractivity contribution in [1.82, 2.24) is 5.32 Å². The molecule has 0 saturated carbocycles. The van der Waals surface area contributed by atoms with Gasteiger partial charge in [-0.3, -0.25) is 4.79 Å². The minimum Gasteiger partial charge on any atom is -0.497 e. The molecule has 190 valence electrons. The van der Waals surface area contributed by atoms with Gasteiger partial charge in [0, 0.05) is 29.0 Å². The fourth-order valence-corrected chi connectivity index (χ4v) is 5.09. The molecule has 0 bridgehead atoms. The number of allylic oxidation sites excluding steroid dienone is 3. The van der Waals surface area contributed by atoms with Crippen molar-refractivity contribution in [1.29, 1.82) is 0 Å². The number of carbonyl (C=O) groups excluding carboxylic acids is 2. The van der Waals surface area contributed by atoms with E-state index in [1.807, 2.05) is 83.1 Å². The Bertz CT molecular complexity index is 1210. The number of ether oxygens (including phenoxy) is 3. The molecule has 0 fully saturated rings. The molecule has 6 nitrogen and oxygen atoms in total. The third-order valence-electron chi connectivity index (χ3n) is 6.57. The van der Waals surface area contributed by atoms with Crippen molar-refractivity contribution >= 4 is 11.8 Å².